The summed E-state index contributed by atoms with van der Waals surface area (Å²) >= 11 is 0. The minimum atomic E-state index is 0.102. The fourth-order valence-electron chi connectivity index (χ4n) is 4.13. The van der Waals surface area contributed by atoms with E-state index in [-0.39, 0.29) is 11.9 Å². The van der Waals surface area contributed by atoms with Crippen LogP contribution < -0.4 is 5.32 Å². The van der Waals surface area contributed by atoms with Crippen LogP contribution in [0.25, 0.3) is 0 Å². The van der Waals surface area contributed by atoms with Crippen molar-refractivity contribution in [2.45, 2.75) is 6.04 Å². The van der Waals surface area contributed by atoms with Crippen molar-refractivity contribution in [3.05, 3.63) is 102 Å². The third kappa shape index (κ3) is 4.17. The summed E-state index contributed by atoms with van der Waals surface area (Å²) in [4.78, 5) is 17.5. The highest BCUT2D eigenvalue weighted by molar-refractivity contribution is 5.99. The Morgan fingerprint density at radius 2 is 1.28 bits per heavy atom. The van der Waals surface area contributed by atoms with Crippen molar-refractivity contribution in [1.82, 2.24) is 9.80 Å². The summed E-state index contributed by atoms with van der Waals surface area (Å²) in [6.45, 7) is 3.16. The van der Waals surface area contributed by atoms with E-state index < -0.39 is 0 Å². The molecule has 0 atom stereocenters. The van der Waals surface area contributed by atoms with Crippen molar-refractivity contribution in [3.8, 4) is 0 Å². The van der Waals surface area contributed by atoms with Crippen LogP contribution in [0.3, 0.4) is 0 Å². The summed E-state index contributed by atoms with van der Waals surface area (Å²) in [7, 11) is 1.86. The summed E-state index contributed by atoms with van der Waals surface area (Å²) in [6, 6.07) is 29.2. The Morgan fingerprint density at radius 3 is 1.83 bits per heavy atom. The Bertz CT molecular complexity index is 895. The first kappa shape index (κ1) is 19.2. The van der Waals surface area contributed by atoms with Crippen LogP contribution in [0.4, 0.5) is 5.69 Å². The van der Waals surface area contributed by atoms with Gasteiger partial charge in [-0.1, -0.05) is 72.8 Å². The standard InChI is InChI=1S/C25H27N3O/c1-26-23-15-9-8-14-22(23)25(29)28-18-16-27(17-19-28)24(20-10-4-2-5-11-20)21-12-6-3-7-13-21/h2-15,24,26H,16-19H2,1H3. The number of nitrogens with zero attached hydrogens (tertiary/aromatic N) is 2. The fourth-order valence-corrected chi connectivity index (χ4v) is 4.13. The van der Waals surface area contributed by atoms with Gasteiger partial charge < -0.3 is 10.2 Å². The summed E-state index contributed by atoms with van der Waals surface area (Å²) in [6.07, 6.45) is 0. The highest BCUT2D eigenvalue weighted by Crippen LogP contribution is 2.30. The normalized spacial score (nSPS) is 14.8. The lowest BCUT2D eigenvalue weighted by Gasteiger charge is -2.40. The molecule has 4 heteroatoms. The third-order valence-electron chi connectivity index (χ3n) is 5.62. The van der Waals surface area contributed by atoms with Gasteiger partial charge in [-0.25, -0.2) is 0 Å². The van der Waals surface area contributed by atoms with Gasteiger partial charge in [-0.3, -0.25) is 9.69 Å². The molecule has 1 N–H and O–H groups in total. The molecule has 4 nitrogen and oxygen atoms in total. The first-order valence-electron chi connectivity index (χ1n) is 10.2. The van der Waals surface area contributed by atoms with Crippen molar-refractivity contribution in [2.75, 3.05) is 38.5 Å². The summed E-state index contributed by atoms with van der Waals surface area (Å²) < 4.78 is 0. The Labute approximate surface area is 172 Å². The highest BCUT2D eigenvalue weighted by atomic mass is 16.2. The molecule has 1 aliphatic heterocycles. The Balaban J connectivity index is 1.52. The first-order valence-corrected chi connectivity index (χ1v) is 10.2. The molecule has 29 heavy (non-hydrogen) atoms. The van der Waals surface area contributed by atoms with Gasteiger partial charge in [0.1, 0.15) is 0 Å². The molecule has 0 bridgehead atoms. The molecule has 0 unspecified atom stereocenters. The molecule has 1 heterocycles. The van der Waals surface area contributed by atoms with E-state index >= 15 is 0 Å². The minimum absolute atomic E-state index is 0.102. The van der Waals surface area contributed by atoms with Crippen LogP contribution in [0.1, 0.15) is 27.5 Å². The molecule has 4 rings (SSSR count). The number of nitrogens with one attached hydrogen (secondary N) is 1. The highest BCUT2D eigenvalue weighted by Gasteiger charge is 2.29. The predicted molar refractivity (Wildman–Crippen MR) is 118 cm³/mol. The van der Waals surface area contributed by atoms with E-state index in [0.717, 1.165) is 37.4 Å². The molecule has 3 aromatic rings. The second kappa shape index (κ2) is 8.93. The SMILES string of the molecule is CNc1ccccc1C(=O)N1CCN(C(c2ccccc2)c2ccccc2)CC1. The molecular formula is C25H27N3O. The van der Waals surface area contributed by atoms with E-state index in [9.17, 15) is 4.79 Å². The molecule has 148 valence electrons. The van der Waals surface area contributed by atoms with Crippen molar-refractivity contribution in [2.24, 2.45) is 0 Å². The Hall–Kier alpha value is -3.11. The number of rotatable bonds is 5. The molecule has 0 radical (unpaired) electrons. The molecule has 0 spiro atoms. The zero-order valence-corrected chi connectivity index (χ0v) is 16.8. The maximum atomic E-state index is 13.1. The largest absolute Gasteiger partial charge is 0.387 e. The average molecular weight is 386 g/mol. The number of amides is 1. The van der Waals surface area contributed by atoms with E-state index in [1.165, 1.54) is 11.1 Å². The lowest BCUT2D eigenvalue weighted by molar-refractivity contribution is 0.0598. The number of hydrogen-bond donors (Lipinski definition) is 1. The molecule has 1 amide bonds. The zero-order chi connectivity index (χ0) is 20.1. The topological polar surface area (TPSA) is 35.6 Å². The first-order chi connectivity index (χ1) is 14.3. The smallest absolute Gasteiger partial charge is 0.256 e. The molecule has 0 aromatic heterocycles. The average Bonchev–Trinajstić information content (AvgIpc) is 2.81. The lowest BCUT2D eigenvalue weighted by atomic mass is 9.96. The quantitative estimate of drug-likeness (QED) is 0.712. The van der Waals surface area contributed by atoms with Gasteiger partial charge in [0.2, 0.25) is 0 Å². The van der Waals surface area contributed by atoms with Gasteiger partial charge in [0.15, 0.2) is 0 Å². The third-order valence-corrected chi connectivity index (χ3v) is 5.62. The van der Waals surface area contributed by atoms with Crippen molar-refractivity contribution in [3.63, 3.8) is 0 Å². The summed E-state index contributed by atoms with van der Waals surface area (Å²) in [5, 5.41) is 3.13. The summed E-state index contributed by atoms with van der Waals surface area (Å²) in [5.41, 5.74) is 4.20. The van der Waals surface area contributed by atoms with Crippen LogP contribution in [0.2, 0.25) is 0 Å². The van der Waals surface area contributed by atoms with Crippen molar-refractivity contribution >= 4 is 11.6 Å². The number of para-hydroxylation sites is 1. The Morgan fingerprint density at radius 1 is 0.759 bits per heavy atom. The van der Waals surface area contributed by atoms with Crippen molar-refractivity contribution < 1.29 is 4.79 Å². The monoisotopic (exact) mass is 385 g/mol. The van der Waals surface area contributed by atoms with Gasteiger partial charge in [0.25, 0.3) is 5.91 Å². The van der Waals surface area contributed by atoms with Crippen LogP contribution >= 0.6 is 0 Å². The number of piperazine rings is 1. The van der Waals surface area contributed by atoms with Crippen LogP contribution in [-0.2, 0) is 0 Å². The molecule has 3 aromatic carbocycles. The van der Waals surface area contributed by atoms with Gasteiger partial charge in [0.05, 0.1) is 11.6 Å². The van der Waals surface area contributed by atoms with E-state index in [2.05, 4.69) is 70.9 Å². The number of anilines is 1. The molecular weight excluding hydrogens is 358 g/mol. The van der Waals surface area contributed by atoms with Crippen LogP contribution in [-0.4, -0.2) is 48.9 Å². The number of hydrogen-bond acceptors (Lipinski definition) is 3. The molecule has 1 fully saturated rings. The predicted octanol–water partition coefficient (Wildman–Crippen LogP) is 4.28. The van der Waals surface area contributed by atoms with E-state index in [0.29, 0.717) is 0 Å². The fraction of sp³-hybridized carbons (Fsp3) is 0.240. The maximum absolute atomic E-state index is 13.1. The second-order valence-corrected chi connectivity index (χ2v) is 7.35. The van der Waals surface area contributed by atoms with Gasteiger partial charge in [-0.2, -0.15) is 0 Å². The molecule has 0 saturated carbocycles. The minimum Gasteiger partial charge on any atom is -0.387 e. The molecule has 0 aliphatic carbocycles. The van der Waals surface area contributed by atoms with Crippen LogP contribution in [0.15, 0.2) is 84.9 Å². The molecule has 1 aliphatic rings. The van der Waals surface area contributed by atoms with Crippen molar-refractivity contribution in [1.29, 1.82) is 0 Å². The van der Waals surface area contributed by atoms with Gasteiger partial charge in [0, 0.05) is 38.9 Å². The number of carbonyl (C=O) groups excluding carboxylic acids is 1. The maximum Gasteiger partial charge on any atom is 0.256 e. The van der Waals surface area contributed by atoms with Gasteiger partial charge >= 0.3 is 0 Å². The van der Waals surface area contributed by atoms with E-state index in [4.69, 9.17) is 0 Å². The second-order valence-electron chi connectivity index (χ2n) is 7.35. The van der Waals surface area contributed by atoms with Gasteiger partial charge in [-0.15, -0.1) is 0 Å². The molecule has 1 saturated heterocycles. The lowest BCUT2D eigenvalue weighted by Crippen LogP contribution is -2.50. The van der Waals surface area contributed by atoms with Crippen LogP contribution in [0, 0.1) is 0 Å². The zero-order valence-electron chi connectivity index (χ0n) is 16.8. The van der Waals surface area contributed by atoms with Crippen LogP contribution in [0.5, 0.6) is 0 Å². The van der Waals surface area contributed by atoms with Gasteiger partial charge in [-0.05, 0) is 23.3 Å². The summed E-state index contributed by atoms with van der Waals surface area (Å²) in [5.74, 6) is 0.102. The Kier molecular flexibility index (Phi) is 5.92. The number of benzene rings is 3. The van der Waals surface area contributed by atoms with E-state index in [1.807, 2.05) is 36.2 Å². The number of carbonyl (C=O) groups is 1. The van der Waals surface area contributed by atoms with E-state index in [1.54, 1.807) is 0 Å².